The van der Waals surface area contributed by atoms with Crippen LogP contribution in [0.3, 0.4) is 0 Å². The van der Waals surface area contributed by atoms with Crippen molar-refractivity contribution in [1.82, 2.24) is 24.6 Å². The number of benzene rings is 2. The van der Waals surface area contributed by atoms with Crippen molar-refractivity contribution in [3.8, 4) is 5.75 Å². The van der Waals surface area contributed by atoms with E-state index in [1.807, 2.05) is 49.4 Å². The van der Waals surface area contributed by atoms with Crippen LogP contribution in [-0.2, 0) is 17.9 Å². The third-order valence-corrected chi connectivity index (χ3v) is 5.27. The Bertz CT molecular complexity index is 1280. The Hall–Kier alpha value is -3.94. The number of hydrogen-bond donors (Lipinski definition) is 1. The average Bonchev–Trinajstić information content (AvgIpc) is 3.21. The van der Waals surface area contributed by atoms with E-state index >= 15 is 0 Å². The molecule has 0 fully saturated rings. The largest absolute Gasteiger partial charge is 0.481 e. The molecule has 2 aromatic carbocycles. The summed E-state index contributed by atoms with van der Waals surface area (Å²) < 4.78 is 8.84. The van der Waals surface area contributed by atoms with Crippen LogP contribution in [0.15, 0.2) is 71.9 Å². The molecule has 0 unspecified atom stereocenters. The number of ether oxygens (including phenoxy) is 1. The quantitative estimate of drug-likeness (QED) is 0.463. The Kier molecular flexibility index (Phi) is 6.30. The van der Waals surface area contributed by atoms with Gasteiger partial charge in [0.1, 0.15) is 17.5 Å². The van der Waals surface area contributed by atoms with Gasteiger partial charge in [0.05, 0.1) is 19.3 Å². The van der Waals surface area contributed by atoms with Crippen molar-refractivity contribution in [3.63, 3.8) is 0 Å². The zero-order valence-corrected chi connectivity index (χ0v) is 18.1. The Balaban J connectivity index is 1.39. The highest BCUT2D eigenvalue weighted by molar-refractivity contribution is 5.80. The van der Waals surface area contributed by atoms with Crippen LogP contribution in [0.25, 0.3) is 11.0 Å². The normalized spacial score (nSPS) is 11.9. The van der Waals surface area contributed by atoms with Gasteiger partial charge in [-0.25, -0.2) is 9.67 Å². The number of amides is 1. The number of rotatable bonds is 8. The Morgan fingerprint density at radius 2 is 1.88 bits per heavy atom. The number of para-hydroxylation sites is 1. The molecule has 8 heteroatoms. The molecule has 0 saturated carbocycles. The predicted molar refractivity (Wildman–Crippen MR) is 122 cm³/mol. The van der Waals surface area contributed by atoms with Crippen molar-refractivity contribution in [2.75, 3.05) is 6.54 Å². The molecule has 4 rings (SSSR count). The van der Waals surface area contributed by atoms with Gasteiger partial charge in [-0.15, -0.1) is 0 Å². The molecule has 0 aliphatic rings. The van der Waals surface area contributed by atoms with Crippen molar-refractivity contribution in [2.24, 2.45) is 0 Å². The van der Waals surface area contributed by atoms with E-state index in [4.69, 9.17) is 4.74 Å². The number of fused-ring (bicyclic) bond motifs is 1. The van der Waals surface area contributed by atoms with Gasteiger partial charge in [-0.1, -0.05) is 42.5 Å². The summed E-state index contributed by atoms with van der Waals surface area (Å²) in [7, 11) is 0. The van der Waals surface area contributed by atoms with Gasteiger partial charge in [-0.2, -0.15) is 5.10 Å². The SMILES string of the molecule is Cc1ccccc1Cn1cnc2c(cnn2CCNC(=O)[C@H](C)Oc2ccccc2)c1=O. The lowest BCUT2D eigenvalue weighted by atomic mass is 10.1. The van der Waals surface area contributed by atoms with Gasteiger partial charge in [0, 0.05) is 6.54 Å². The van der Waals surface area contributed by atoms with Gasteiger partial charge in [0.2, 0.25) is 0 Å². The molecule has 0 bridgehead atoms. The molecular weight excluding hydrogens is 406 g/mol. The molecule has 2 heterocycles. The standard InChI is InChI=1S/C24H25N5O3/c1-17-8-6-7-9-19(17)15-28-16-26-22-21(24(28)31)14-27-29(22)13-12-25-23(30)18(2)32-20-10-4-3-5-11-20/h3-11,14,16,18H,12-13,15H2,1-2H3,(H,25,30)/t18-/m0/s1. The maximum Gasteiger partial charge on any atom is 0.264 e. The highest BCUT2D eigenvalue weighted by Gasteiger charge is 2.15. The lowest BCUT2D eigenvalue weighted by Crippen LogP contribution is -2.38. The van der Waals surface area contributed by atoms with Crippen LogP contribution in [0.2, 0.25) is 0 Å². The fourth-order valence-corrected chi connectivity index (χ4v) is 3.43. The predicted octanol–water partition coefficient (Wildman–Crippen LogP) is 2.53. The van der Waals surface area contributed by atoms with Crippen LogP contribution in [0.1, 0.15) is 18.1 Å². The molecule has 0 radical (unpaired) electrons. The van der Waals surface area contributed by atoms with Gasteiger partial charge in [0.25, 0.3) is 11.5 Å². The molecule has 0 spiro atoms. The molecule has 1 N–H and O–H groups in total. The van der Waals surface area contributed by atoms with Crippen molar-refractivity contribution in [1.29, 1.82) is 0 Å². The minimum atomic E-state index is -0.626. The molecule has 0 aliphatic carbocycles. The second-order valence-electron chi connectivity index (χ2n) is 7.57. The summed E-state index contributed by atoms with van der Waals surface area (Å²) >= 11 is 0. The zero-order valence-electron chi connectivity index (χ0n) is 18.1. The number of nitrogens with one attached hydrogen (secondary N) is 1. The van der Waals surface area contributed by atoms with Crippen molar-refractivity contribution >= 4 is 16.9 Å². The maximum atomic E-state index is 12.9. The summed E-state index contributed by atoms with van der Waals surface area (Å²) in [6.45, 7) is 4.90. The summed E-state index contributed by atoms with van der Waals surface area (Å²) in [5.74, 6) is 0.415. The smallest absolute Gasteiger partial charge is 0.264 e. The summed E-state index contributed by atoms with van der Waals surface area (Å²) in [5, 5.41) is 7.58. The number of nitrogens with zero attached hydrogens (tertiary/aromatic N) is 4. The second-order valence-corrected chi connectivity index (χ2v) is 7.57. The summed E-state index contributed by atoms with van der Waals surface area (Å²) in [6.07, 6.45) is 2.45. The lowest BCUT2D eigenvalue weighted by molar-refractivity contribution is -0.127. The molecule has 1 amide bonds. The van der Waals surface area contributed by atoms with Crippen molar-refractivity contribution < 1.29 is 9.53 Å². The lowest BCUT2D eigenvalue weighted by Gasteiger charge is -2.14. The van der Waals surface area contributed by atoms with E-state index < -0.39 is 6.10 Å². The van der Waals surface area contributed by atoms with E-state index in [0.29, 0.717) is 36.4 Å². The number of aryl methyl sites for hydroxylation is 1. The van der Waals surface area contributed by atoms with Gasteiger partial charge in [-0.05, 0) is 37.1 Å². The summed E-state index contributed by atoms with van der Waals surface area (Å²) in [6, 6.07) is 17.1. The third kappa shape index (κ3) is 4.69. The van der Waals surface area contributed by atoms with Gasteiger partial charge < -0.3 is 10.1 Å². The first-order valence-corrected chi connectivity index (χ1v) is 10.5. The third-order valence-electron chi connectivity index (χ3n) is 5.27. The van der Waals surface area contributed by atoms with E-state index in [-0.39, 0.29) is 11.5 Å². The number of carbonyl (C=O) groups excluding carboxylic acids is 1. The molecule has 8 nitrogen and oxygen atoms in total. The fourth-order valence-electron chi connectivity index (χ4n) is 3.43. The van der Waals surface area contributed by atoms with E-state index in [2.05, 4.69) is 15.4 Å². The summed E-state index contributed by atoms with van der Waals surface area (Å²) in [4.78, 5) is 29.6. The van der Waals surface area contributed by atoms with Crippen LogP contribution in [0.5, 0.6) is 5.75 Å². The van der Waals surface area contributed by atoms with Gasteiger partial charge in [0.15, 0.2) is 11.8 Å². The van der Waals surface area contributed by atoms with Crippen molar-refractivity contribution in [3.05, 3.63) is 88.6 Å². The first kappa shape index (κ1) is 21.3. The Morgan fingerprint density at radius 3 is 2.66 bits per heavy atom. The van der Waals surface area contributed by atoms with E-state index in [1.165, 1.54) is 6.20 Å². The average molecular weight is 431 g/mol. The first-order chi connectivity index (χ1) is 15.5. The van der Waals surface area contributed by atoms with Crippen molar-refractivity contribution in [2.45, 2.75) is 33.0 Å². The molecule has 4 aromatic rings. The fraction of sp³-hybridized carbons (Fsp3) is 0.250. The molecule has 2 aromatic heterocycles. The molecule has 32 heavy (non-hydrogen) atoms. The molecule has 1 atom stereocenters. The second kappa shape index (κ2) is 9.47. The molecule has 0 saturated heterocycles. The zero-order chi connectivity index (χ0) is 22.5. The molecular formula is C24H25N5O3. The van der Waals surface area contributed by atoms with Gasteiger partial charge in [-0.3, -0.25) is 14.2 Å². The van der Waals surface area contributed by atoms with Crippen LogP contribution < -0.4 is 15.6 Å². The minimum Gasteiger partial charge on any atom is -0.481 e. The summed E-state index contributed by atoms with van der Waals surface area (Å²) in [5.41, 5.74) is 2.55. The van der Waals surface area contributed by atoms with E-state index in [9.17, 15) is 9.59 Å². The minimum absolute atomic E-state index is 0.140. The highest BCUT2D eigenvalue weighted by atomic mass is 16.5. The van der Waals surface area contributed by atoms with Crippen LogP contribution >= 0.6 is 0 Å². The number of hydrogen-bond acceptors (Lipinski definition) is 5. The molecule has 0 aliphatic heterocycles. The topological polar surface area (TPSA) is 91.0 Å². The number of carbonyl (C=O) groups is 1. The van der Waals surface area contributed by atoms with Crippen LogP contribution in [0.4, 0.5) is 0 Å². The van der Waals surface area contributed by atoms with Gasteiger partial charge >= 0.3 is 0 Å². The van der Waals surface area contributed by atoms with E-state index in [0.717, 1.165) is 11.1 Å². The Labute approximate surface area is 185 Å². The van der Waals surface area contributed by atoms with E-state index in [1.54, 1.807) is 34.6 Å². The van der Waals surface area contributed by atoms with Crippen LogP contribution in [0, 0.1) is 6.92 Å². The monoisotopic (exact) mass is 431 g/mol. The highest BCUT2D eigenvalue weighted by Crippen LogP contribution is 2.11. The molecule has 164 valence electrons. The number of aromatic nitrogens is 4. The maximum absolute atomic E-state index is 12.9. The Morgan fingerprint density at radius 1 is 1.12 bits per heavy atom. The first-order valence-electron chi connectivity index (χ1n) is 10.5. The van der Waals surface area contributed by atoms with Crippen LogP contribution in [-0.4, -0.2) is 37.9 Å².